The summed E-state index contributed by atoms with van der Waals surface area (Å²) < 4.78 is 25.9. The lowest BCUT2D eigenvalue weighted by atomic mass is 10.1. The van der Waals surface area contributed by atoms with Crippen molar-refractivity contribution in [2.45, 2.75) is 43.5 Å². The number of sulfonamides is 1. The van der Waals surface area contributed by atoms with Gasteiger partial charge < -0.3 is 5.32 Å². The molecule has 1 fully saturated rings. The molecule has 0 atom stereocenters. The van der Waals surface area contributed by atoms with Crippen molar-refractivity contribution in [3.05, 3.63) is 29.8 Å². The Morgan fingerprint density at radius 3 is 2.57 bits per heavy atom. The Balaban J connectivity index is 1.88. The fourth-order valence-corrected chi connectivity index (χ4v) is 4.60. The van der Waals surface area contributed by atoms with Crippen LogP contribution in [0.3, 0.4) is 0 Å². The summed E-state index contributed by atoms with van der Waals surface area (Å²) in [6, 6.07) is 7.16. The predicted molar refractivity (Wildman–Crippen MR) is 94.5 cm³/mol. The lowest BCUT2D eigenvalue weighted by Crippen LogP contribution is -2.47. The first-order valence-electron chi connectivity index (χ1n) is 8.00. The van der Waals surface area contributed by atoms with Crippen molar-refractivity contribution in [1.82, 2.24) is 9.62 Å². The number of rotatable bonds is 6. The molecule has 0 saturated carbocycles. The summed E-state index contributed by atoms with van der Waals surface area (Å²) in [6.45, 7) is 2.93. The molecule has 7 heteroatoms. The molecule has 1 saturated heterocycles. The second-order valence-corrected chi connectivity index (χ2v) is 8.40. The Morgan fingerprint density at radius 1 is 1.30 bits per heavy atom. The van der Waals surface area contributed by atoms with Gasteiger partial charge in [-0.1, -0.05) is 25.5 Å². The summed E-state index contributed by atoms with van der Waals surface area (Å²) in [5.74, 6) is 0.0657. The number of carbonyl (C=O) groups is 1. The van der Waals surface area contributed by atoms with Crippen molar-refractivity contribution < 1.29 is 13.2 Å². The van der Waals surface area contributed by atoms with Gasteiger partial charge in [0.1, 0.15) is 0 Å². The highest BCUT2D eigenvalue weighted by atomic mass is 32.2. The van der Waals surface area contributed by atoms with E-state index in [1.165, 1.54) is 0 Å². The molecule has 0 aromatic heterocycles. The monoisotopic (exact) mass is 356 g/mol. The van der Waals surface area contributed by atoms with E-state index in [2.05, 4.69) is 17.9 Å². The number of piperidine rings is 1. The summed E-state index contributed by atoms with van der Waals surface area (Å²) in [5.41, 5.74) is 0.550. The van der Waals surface area contributed by atoms with Gasteiger partial charge in [-0.25, -0.2) is 12.7 Å². The SMILES string of the molecule is CCCCS(=O)(=O)N1CCC(NC(=O)c2ccccc2S)CC1. The van der Waals surface area contributed by atoms with Crippen LogP contribution in [0.25, 0.3) is 0 Å². The lowest BCUT2D eigenvalue weighted by molar-refractivity contribution is 0.0921. The van der Waals surface area contributed by atoms with Crippen LogP contribution in [-0.4, -0.2) is 43.5 Å². The summed E-state index contributed by atoms with van der Waals surface area (Å²) in [4.78, 5) is 12.9. The van der Waals surface area contributed by atoms with Crippen LogP contribution in [0.4, 0.5) is 0 Å². The molecule has 23 heavy (non-hydrogen) atoms. The van der Waals surface area contributed by atoms with Gasteiger partial charge >= 0.3 is 0 Å². The molecule has 2 rings (SSSR count). The molecular weight excluding hydrogens is 332 g/mol. The summed E-state index contributed by atoms with van der Waals surface area (Å²) >= 11 is 4.29. The smallest absolute Gasteiger partial charge is 0.252 e. The van der Waals surface area contributed by atoms with Gasteiger partial charge in [-0.3, -0.25) is 4.79 Å². The van der Waals surface area contributed by atoms with Crippen LogP contribution < -0.4 is 5.32 Å². The zero-order chi connectivity index (χ0) is 16.9. The number of thiol groups is 1. The summed E-state index contributed by atoms with van der Waals surface area (Å²) in [6.07, 6.45) is 2.85. The Kier molecular flexibility index (Phi) is 6.50. The van der Waals surface area contributed by atoms with Crippen LogP contribution >= 0.6 is 12.6 Å². The van der Waals surface area contributed by atoms with Gasteiger partial charge in [0, 0.05) is 24.0 Å². The number of benzene rings is 1. The van der Waals surface area contributed by atoms with E-state index in [0.717, 1.165) is 6.42 Å². The van der Waals surface area contributed by atoms with Crippen molar-refractivity contribution in [2.75, 3.05) is 18.8 Å². The van der Waals surface area contributed by atoms with Gasteiger partial charge in [0.15, 0.2) is 0 Å². The van der Waals surface area contributed by atoms with Crippen LogP contribution in [0.2, 0.25) is 0 Å². The molecule has 1 aromatic rings. The maximum Gasteiger partial charge on any atom is 0.252 e. The first kappa shape index (κ1) is 18.3. The van der Waals surface area contributed by atoms with E-state index in [0.29, 0.717) is 42.8 Å². The number of nitrogens with one attached hydrogen (secondary N) is 1. The fourth-order valence-electron chi connectivity index (χ4n) is 2.66. The van der Waals surface area contributed by atoms with Crippen molar-refractivity contribution >= 4 is 28.6 Å². The van der Waals surface area contributed by atoms with E-state index in [-0.39, 0.29) is 17.7 Å². The highest BCUT2D eigenvalue weighted by Crippen LogP contribution is 2.17. The minimum Gasteiger partial charge on any atom is -0.349 e. The number of nitrogens with zero attached hydrogens (tertiary/aromatic N) is 1. The standard InChI is InChI=1S/C16H24N2O3S2/c1-2-3-12-23(20,21)18-10-8-13(9-11-18)17-16(19)14-6-4-5-7-15(14)22/h4-7,13,22H,2-3,8-12H2,1H3,(H,17,19). The Hall–Kier alpha value is -1.05. The number of hydrogen-bond acceptors (Lipinski definition) is 4. The maximum absolute atomic E-state index is 12.3. The van der Waals surface area contributed by atoms with Gasteiger partial charge in [-0.2, -0.15) is 0 Å². The average Bonchev–Trinajstić information content (AvgIpc) is 2.54. The van der Waals surface area contributed by atoms with Crippen molar-refractivity contribution in [2.24, 2.45) is 0 Å². The molecule has 5 nitrogen and oxygen atoms in total. The second-order valence-electron chi connectivity index (χ2n) is 5.83. The highest BCUT2D eigenvalue weighted by molar-refractivity contribution is 7.89. The normalized spacial score (nSPS) is 17.1. The molecule has 0 unspecified atom stereocenters. The molecule has 1 aromatic carbocycles. The quantitative estimate of drug-likeness (QED) is 0.769. The third kappa shape index (κ3) is 4.96. The van der Waals surface area contributed by atoms with Crippen LogP contribution in [0, 0.1) is 0 Å². The van der Waals surface area contributed by atoms with Gasteiger partial charge in [-0.05, 0) is 31.4 Å². The fraction of sp³-hybridized carbons (Fsp3) is 0.562. The summed E-state index contributed by atoms with van der Waals surface area (Å²) in [7, 11) is -3.15. The molecule has 128 valence electrons. The van der Waals surface area contributed by atoms with Crippen molar-refractivity contribution in [3.8, 4) is 0 Å². The van der Waals surface area contributed by atoms with E-state index in [1.54, 1.807) is 22.5 Å². The molecular formula is C16H24N2O3S2. The Labute approximate surface area is 143 Å². The van der Waals surface area contributed by atoms with Crippen LogP contribution in [0.15, 0.2) is 29.2 Å². The average molecular weight is 357 g/mol. The third-order valence-electron chi connectivity index (χ3n) is 4.09. The van der Waals surface area contributed by atoms with Gasteiger partial charge in [-0.15, -0.1) is 12.6 Å². The Bertz CT molecular complexity index is 638. The molecule has 1 amide bonds. The zero-order valence-electron chi connectivity index (χ0n) is 13.4. The van der Waals surface area contributed by atoms with Crippen LogP contribution in [0.5, 0.6) is 0 Å². The first-order valence-corrected chi connectivity index (χ1v) is 10.1. The maximum atomic E-state index is 12.3. The lowest BCUT2D eigenvalue weighted by Gasteiger charge is -2.31. The van der Waals surface area contributed by atoms with E-state index >= 15 is 0 Å². The zero-order valence-corrected chi connectivity index (χ0v) is 15.1. The minimum absolute atomic E-state index is 0.00747. The first-order chi connectivity index (χ1) is 10.9. The summed E-state index contributed by atoms with van der Waals surface area (Å²) in [5, 5.41) is 2.98. The van der Waals surface area contributed by atoms with Gasteiger partial charge in [0.05, 0.1) is 11.3 Å². The van der Waals surface area contributed by atoms with Crippen molar-refractivity contribution in [3.63, 3.8) is 0 Å². The second kappa shape index (κ2) is 8.17. The van der Waals surface area contributed by atoms with E-state index in [1.807, 2.05) is 13.0 Å². The van der Waals surface area contributed by atoms with Gasteiger partial charge in [0.2, 0.25) is 10.0 Å². The van der Waals surface area contributed by atoms with E-state index in [4.69, 9.17) is 0 Å². The number of carbonyl (C=O) groups excluding carboxylic acids is 1. The molecule has 0 spiro atoms. The molecule has 1 aliphatic rings. The minimum atomic E-state index is -3.15. The molecule has 0 bridgehead atoms. The number of hydrogen-bond donors (Lipinski definition) is 2. The highest BCUT2D eigenvalue weighted by Gasteiger charge is 2.28. The number of unbranched alkanes of at least 4 members (excludes halogenated alkanes) is 1. The van der Waals surface area contributed by atoms with E-state index < -0.39 is 10.0 Å². The molecule has 0 radical (unpaired) electrons. The topological polar surface area (TPSA) is 66.5 Å². The third-order valence-corrected chi connectivity index (χ3v) is 6.43. The number of amides is 1. The van der Waals surface area contributed by atoms with Crippen molar-refractivity contribution in [1.29, 1.82) is 0 Å². The van der Waals surface area contributed by atoms with Gasteiger partial charge in [0.25, 0.3) is 5.91 Å². The largest absolute Gasteiger partial charge is 0.349 e. The van der Waals surface area contributed by atoms with E-state index in [9.17, 15) is 13.2 Å². The molecule has 0 aliphatic carbocycles. The van der Waals surface area contributed by atoms with Crippen LogP contribution in [-0.2, 0) is 10.0 Å². The van der Waals surface area contributed by atoms with Crippen LogP contribution in [0.1, 0.15) is 43.0 Å². The molecule has 1 N–H and O–H groups in total. The Morgan fingerprint density at radius 2 is 1.96 bits per heavy atom. The molecule has 1 aliphatic heterocycles. The predicted octanol–water partition coefficient (Wildman–Crippen LogP) is 2.30. The molecule has 1 heterocycles.